The van der Waals surface area contributed by atoms with Gasteiger partial charge in [-0.3, -0.25) is 4.79 Å². The van der Waals surface area contributed by atoms with E-state index in [4.69, 9.17) is 23.7 Å². The molecule has 4 rings (SSSR count). The second kappa shape index (κ2) is 6.46. The SMILES string of the molecule is C=CCC1(OC)C=C2C(=CC1=O)OC(c1cc(OC)c3c(c1)OCO3)C2C. The molecular formula is C21H22O6. The van der Waals surface area contributed by atoms with Crippen LogP contribution in [0.5, 0.6) is 17.2 Å². The van der Waals surface area contributed by atoms with E-state index in [1.807, 2.05) is 18.2 Å². The van der Waals surface area contributed by atoms with Gasteiger partial charge < -0.3 is 23.7 Å². The number of rotatable bonds is 5. The van der Waals surface area contributed by atoms with Crippen LogP contribution in [-0.2, 0) is 14.3 Å². The third-order valence-corrected chi connectivity index (χ3v) is 5.37. The lowest BCUT2D eigenvalue weighted by Crippen LogP contribution is -2.39. The highest BCUT2D eigenvalue weighted by Gasteiger charge is 2.45. The predicted octanol–water partition coefficient (Wildman–Crippen LogP) is 3.49. The molecule has 1 aliphatic carbocycles. The van der Waals surface area contributed by atoms with Gasteiger partial charge in [0.05, 0.1) is 7.11 Å². The lowest BCUT2D eigenvalue weighted by molar-refractivity contribution is -0.130. The van der Waals surface area contributed by atoms with Crippen LogP contribution in [0.3, 0.4) is 0 Å². The normalized spacial score (nSPS) is 28.2. The largest absolute Gasteiger partial charge is 0.493 e. The molecule has 0 amide bonds. The van der Waals surface area contributed by atoms with Crippen molar-refractivity contribution >= 4 is 5.78 Å². The number of carbonyl (C=O) groups is 1. The Morgan fingerprint density at radius 3 is 2.85 bits per heavy atom. The van der Waals surface area contributed by atoms with Crippen molar-refractivity contribution in [2.45, 2.75) is 25.0 Å². The van der Waals surface area contributed by atoms with Crippen LogP contribution in [0.25, 0.3) is 0 Å². The van der Waals surface area contributed by atoms with Gasteiger partial charge in [-0.2, -0.15) is 0 Å². The smallest absolute Gasteiger partial charge is 0.231 e. The van der Waals surface area contributed by atoms with Crippen molar-refractivity contribution in [3.63, 3.8) is 0 Å². The molecule has 0 radical (unpaired) electrons. The molecule has 1 saturated heterocycles. The van der Waals surface area contributed by atoms with Gasteiger partial charge in [0.2, 0.25) is 12.5 Å². The van der Waals surface area contributed by atoms with Gasteiger partial charge in [0.25, 0.3) is 0 Å². The molecule has 1 aromatic carbocycles. The quantitative estimate of drug-likeness (QED) is 0.740. The van der Waals surface area contributed by atoms with Crippen LogP contribution < -0.4 is 14.2 Å². The maximum atomic E-state index is 12.7. The summed E-state index contributed by atoms with van der Waals surface area (Å²) >= 11 is 0. The zero-order valence-corrected chi connectivity index (χ0v) is 15.6. The second-order valence-corrected chi connectivity index (χ2v) is 6.84. The number of hydrogen-bond acceptors (Lipinski definition) is 6. The number of hydrogen-bond donors (Lipinski definition) is 0. The van der Waals surface area contributed by atoms with Crippen molar-refractivity contribution in [1.82, 2.24) is 0 Å². The maximum Gasteiger partial charge on any atom is 0.231 e. The lowest BCUT2D eigenvalue weighted by Gasteiger charge is -2.29. The Bertz CT molecular complexity index is 868. The predicted molar refractivity (Wildman–Crippen MR) is 97.8 cm³/mol. The maximum absolute atomic E-state index is 12.7. The van der Waals surface area contributed by atoms with Crippen LogP contribution in [-0.4, -0.2) is 32.4 Å². The molecule has 27 heavy (non-hydrogen) atoms. The van der Waals surface area contributed by atoms with E-state index in [0.29, 0.717) is 29.4 Å². The Labute approximate surface area is 158 Å². The monoisotopic (exact) mass is 370 g/mol. The third-order valence-electron chi connectivity index (χ3n) is 5.37. The first-order chi connectivity index (χ1) is 13.0. The van der Waals surface area contributed by atoms with E-state index < -0.39 is 5.60 Å². The van der Waals surface area contributed by atoms with Gasteiger partial charge in [-0.25, -0.2) is 0 Å². The van der Waals surface area contributed by atoms with E-state index in [1.54, 1.807) is 13.2 Å². The average Bonchev–Trinajstić information content (AvgIpc) is 3.26. The molecule has 2 heterocycles. The van der Waals surface area contributed by atoms with Crippen molar-refractivity contribution in [2.75, 3.05) is 21.0 Å². The summed E-state index contributed by atoms with van der Waals surface area (Å²) in [5.41, 5.74) is 0.846. The fraction of sp³-hybridized carbons (Fsp3) is 0.381. The molecule has 3 unspecified atom stereocenters. The molecule has 0 N–H and O–H groups in total. The summed E-state index contributed by atoms with van der Waals surface area (Å²) in [4.78, 5) is 12.7. The molecule has 0 spiro atoms. The average molecular weight is 370 g/mol. The Hall–Kier alpha value is -2.73. The summed E-state index contributed by atoms with van der Waals surface area (Å²) in [5.74, 6) is 2.30. The Balaban J connectivity index is 1.73. The minimum atomic E-state index is -1.01. The summed E-state index contributed by atoms with van der Waals surface area (Å²) in [5, 5.41) is 0. The van der Waals surface area contributed by atoms with Crippen LogP contribution >= 0.6 is 0 Å². The van der Waals surface area contributed by atoms with E-state index in [0.717, 1.165) is 11.1 Å². The summed E-state index contributed by atoms with van der Waals surface area (Å²) in [6, 6.07) is 3.79. The van der Waals surface area contributed by atoms with E-state index in [9.17, 15) is 4.79 Å². The minimum absolute atomic E-state index is 0.0220. The molecule has 0 bridgehead atoms. The molecular weight excluding hydrogens is 348 g/mol. The van der Waals surface area contributed by atoms with E-state index >= 15 is 0 Å². The molecule has 6 heteroatoms. The molecule has 0 saturated carbocycles. The Kier molecular flexibility index (Phi) is 4.23. The van der Waals surface area contributed by atoms with E-state index in [-0.39, 0.29) is 24.6 Å². The van der Waals surface area contributed by atoms with Crippen LogP contribution in [0.2, 0.25) is 0 Å². The number of ketones is 1. The molecule has 3 atom stereocenters. The van der Waals surface area contributed by atoms with Crippen molar-refractivity contribution in [3.05, 3.63) is 53.8 Å². The fourth-order valence-corrected chi connectivity index (χ4v) is 3.87. The van der Waals surface area contributed by atoms with Crippen molar-refractivity contribution in [2.24, 2.45) is 5.92 Å². The first-order valence-electron chi connectivity index (χ1n) is 8.82. The van der Waals surface area contributed by atoms with Gasteiger partial charge in [0.15, 0.2) is 22.9 Å². The number of methoxy groups -OCH3 is 2. The molecule has 1 fully saturated rings. The lowest BCUT2D eigenvalue weighted by atomic mass is 9.82. The van der Waals surface area contributed by atoms with Crippen LogP contribution in [0, 0.1) is 5.92 Å². The van der Waals surface area contributed by atoms with Crippen LogP contribution in [0.15, 0.2) is 48.3 Å². The van der Waals surface area contributed by atoms with Gasteiger partial charge in [-0.15, -0.1) is 6.58 Å². The molecule has 0 aromatic heterocycles. The topological polar surface area (TPSA) is 63.2 Å². The standard InChI is InChI=1S/C21H22O6/c1-5-6-21(24-4)10-14-12(2)19(27-15(14)9-18(21)22)13-7-16(23-3)20-17(8-13)25-11-26-20/h5,7-10,12,19H,1,6,11H2,2-4H3. The summed E-state index contributed by atoms with van der Waals surface area (Å²) in [6.07, 6.45) is 5.24. The summed E-state index contributed by atoms with van der Waals surface area (Å²) < 4.78 is 28.1. The number of benzene rings is 1. The zero-order valence-electron chi connectivity index (χ0n) is 15.6. The van der Waals surface area contributed by atoms with E-state index in [2.05, 4.69) is 13.5 Å². The minimum Gasteiger partial charge on any atom is -0.493 e. The highest BCUT2D eigenvalue weighted by atomic mass is 16.7. The van der Waals surface area contributed by atoms with Crippen molar-refractivity contribution in [3.8, 4) is 17.2 Å². The zero-order chi connectivity index (χ0) is 19.2. The highest BCUT2D eigenvalue weighted by molar-refractivity contribution is 6.01. The van der Waals surface area contributed by atoms with Gasteiger partial charge in [0, 0.05) is 36.7 Å². The van der Waals surface area contributed by atoms with Gasteiger partial charge in [-0.1, -0.05) is 13.0 Å². The Morgan fingerprint density at radius 1 is 1.33 bits per heavy atom. The van der Waals surface area contributed by atoms with Gasteiger partial charge in [0.1, 0.15) is 11.9 Å². The molecule has 6 nitrogen and oxygen atoms in total. The van der Waals surface area contributed by atoms with Crippen LogP contribution in [0.4, 0.5) is 0 Å². The molecule has 142 valence electrons. The van der Waals surface area contributed by atoms with Gasteiger partial charge in [-0.05, 0) is 18.2 Å². The fourth-order valence-electron chi connectivity index (χ4n) is 3.87. The second-order valence-electron chi connectivity index (χ2n) is 6.84. The van der Waals surface area contributed by atoms with Crippen molar-refractivity contribution < 1.29 is 28.5 Å². The number of carbonyl (C=O) groups excluding carboxylic acids is 1. The number of ether oxygens (including phenoxy) is 5. The molecule has 1 aromatic rings. The molecule has 3 aliphatic rings. The number of fused-ring (bicyclic) bond motifs is 2. The molecule has 2 aliphatic heterocycles. The first kappa shape index (κ1) is 17.7. The summed E-state index contributed by atoms with van der Waals surface area (Å²) in [6.45, 7) is 5.98. The third kappa shape index (κ3) is 2.63. The Morgan fingerprint density at radius 2 is 2.15 bits per heavy atom. The highest BCUT2D eigenvalue weighted by Crippen LogP contribution is 2.51. The first-order valence-corrected chi connectivity index (χ1v) is 8.82. The van der Waals surface area contributed by atoms with Gasteiger partial charge >= 0.3 is 0 Å². The van der Waals surface area contributed by atoms with Crippen molar-refractivity contribution in [1.29, 1.82) is 0 Å². The number of allylic oxidation sites excluding steroid dienone is 1. The summed E-state index contributed by atoms with van der Waals surface area (Å²) in [7, 11) is 3.13. The van der Waals surface area contributed by atoms with E-state index in [1.165, 1.54) is 13.2 Å². The van der Waals surface area contributed by atoms with Crippen LogP contribution in [0.1, 0.15) is 25.0 Å².